The Hall–Kier alpha value is -1.65. The van der Waals surface area contributed by atoms with Crippen molar-refractivity contribution >= 4 is 11.7 Å². The Morgan fingerprint density at radius 1 is 1.26 bits per heavy atom. The van der Waals surface area contributed by atoms with E-state index >= 15 is 0 Å². The van der Waals surface area contributed by atoms with Gasteiger partial charge in [0.15, 0.2) is 0 Å². The lowest BCUT2D eigenvalue weighted by atomic mass is 9.75. The molecule has 1 saturated heterocycles. The predicted octanol–water partition coefficient (Wildman–Crippen LogP) is 3.22. The molecule has 23 heavy (non-hydrogen) atoms. The standard InChI is InChI=1S/C18H28N4O/c1-17(2)7-8-22(11-18(3,4)10-17)16(23)13-9-20-15(12-5-6-12)21-14(13)19/h9,12H,5-8,10-11H2,1-4H3,(H2,19,20,21). The molecule has 3 rings (SSSR count). The quantitative estimate of drug-likeness (QED) is 0.909. The van der Waals surface area contributed by atoms with Crippen LogP contribution in [0.2, 0.25) is 0 Å². The number of carbonyl (C=O) groups is 1. The predicted molar refractivity (Wildman–Crippen MR) is 91.1 cm³/mol. The monoisotopic (exact) mass is 316 g/mol. The van der Waals surface area contributed by atoms with Gasteiger partial charge >= 0.3 is 0 Å². The fourth-order valence-electron chi connectivity index (χ4n) is 3.93. The van der Waals surface area contributed by atoms with Crippen molar-refractivity contribution in [3.05, 3.63) is 17.6 Å². The fraction of sp³-hybridized carbons (Fsp3) is 0.722. The van der Waals surface area contributed by atoms with E-state index in [1.54, 1.807) is 6.20 Å². The van der Waals surface area contributed by atoms with Gasteiger partial charge in [0.05, 0.1) is 0 Å². The minimum atomic E-state index is -0.0318. The van der Waals surface area contributed by atoms with Crippen LogP contribution < -0.4 is 5.73 Å². The van der Waals surface area contributed by atoms with Gasteiger partial charge in [0.1, 0.15) is 17.2 Å². The van der Waals surface area contributed by atoms with Gasteiger partial charge in [-0.15, -0.1) is 0 Å². The summed E-state index contributed by atoms with van der Waals surface area (Å²) >= 11 is 0. The van der Waals surface area contributed by atoms with Crippen molar-refractivity contribution in [2.45, 2.75) is 59.3 Å². The van der Waals surface area contributed by atoms with Crippen molar-refractivity contribution in [2.24, 2.45) is 10.8 Å². The lowest BCUT2D eigenvalue weighted by Gasteiger charge is -2.32. The van der Waals surface area contributed by atoms with Gasteiger partial charge in [-0.1, -0.05) is 27.7 Å². The molecule has 1 saturated carbocycles. The number of likely N-dealkylation sites (tertiary alicyclic amines) is 1. The second-order valence-electron chi connectivity index (χ2n) is 8.78. The molecular formula is C18H28N4O. The Labute approximate surface area is 138 Å². The molecule has 0 unspecified atom stereocenters. The van der Waals surface area contributed by atoms with Crippen LogP contribution in [0.4, 0.5) is 5.82 Å². The first kappa shape index (κ1) is 16.2. The van der Waals surface area contributed by atoms with Crippen molar-refractivity contribution < 1.29 is 4.79 Å². The molecule has 2 aliphatic rings. The average molecular weight is 316 g/mol. The third-order valence-corrected chi connectivity index (χ3v) is 4.93. The summed E-state index contributed by atoms with van der Waals surface area (Å²) in [7, 11) is 0. The van der Waals surface area contributed by atoms with Gasteiger partial charge in [0.2, 0.25) is 0 Å². The van der Waals surface area contributed by atoms with Gasteiger partial charge in [-0.05, 0) is 36.5 Å². The smallest absolute Gasteiger partial charge is 0.259 e. The van der Waals surface area contributed by atoms with E-state index in [-0.39, 0.29) is 16.7 Å². The molecule has 5 heteroatoms. The lowest BCUT2D eigenvalue weighted by molar-refractivity contribution is 0.0706. The Morgan fingerprint density at radius 3 is 2.57 bits per heavy atom. The highest BCUT2D eigenvalue weighted by Gasteiger charge is 2.36. The maximum Gasteiger partial charge on any atom is 0.259 e. The molecule has 0 aromatic carbocycles. The van der Waals surface area contributed by atoms with E-state index in [4.69, 9.17) is 5.73 Å². The number of amides is 1. The van der Waals surface area contributed by atoms with E-state index in [1.165, 1.54) is 0 Å². The molecule has 1 aromatic heterocycles. The molecule has 0 bridgehead atoms. The molecule has 5 nitrogen and oxygen atoms in total. The van der Waals surface area contributed by atoms with Crippen LogP contribution in [0.5, 0.6) is 0 Å². The second-order valence-corrected chi connectivity index (χ2v) is 8.78. The number of nitrogens with two attached hydrogens (primary N) is 1. The first-order chi connectivity index (χ1) is 10.7. The van der Waals surface area contributed by atoms with Crippen molar-refractivity contribution in [1.82, 2.24) is 14.9 Å². The molecule has 1 aliphatic heterocycles. The van der Waals surface area contributed by atoms with Crippen LogP contribution in [0.1, 0.15) is 75.5 Å². The lowest BCUT2D eigenvalue weighted by Crippen LogP contribution is -2.38. The highest BCUT2D eigenvalue weighted by molar-refractivity contribution is 5.98. The molecule has 1 aliphatic carbocycles. The van der Waals surface area contributed by atoms with Crippen molar-refractivity contribution in [2.75, 3.05) is 18.8 Å². The number of hydrogen-bond donors (Lipinski definition) is 1. The van der Waals surface area contributed by atoms with Crippen LogP contribution in [-0.2, 0) is 0 Å². The summed E-state index contributed by atoms with van der Waals surface area (Å²) in [6.07, 6.45) is 5.99. The van der Waals surface area contributed by atoms with Gasteiger partial charge in [0.25, 0.3) is 5.91 Å². The van der Waals surface area contributed by atoms with Crippen LogP contribution in [0.25, 0.3) is 0 Å². The molecule has 0 atom stereocenters. The zero-order valence-electron chi connectivity index (χ0n) is 14.7. The maximum absolute atomic E-state index is 12.9. The molecule has 1 aromatic rings. The molecular weight excluding hydrogens is 288 g/mol. The van der Waals surface area contributed by atoms with Gasteiger partial charge in [0, 0.05) is 25.2 Å². The van der Waals surface area contributed by atoms with Gasteiger partial charge in [-0.3, -0.25) is 4.79 Å². The summed E-state index contributed by atoms with van der Waals surface area (Å²) in [5.41, 5.74) is 6.85. The number of nitrogen functional groups attached to an aromatic ring is 1. The van der Waals surface area contributed by atoms with Crippen LogP contribution in [0.15, 0.2) is 6.20 Å². The van der Waals surface area contributed by atoms with Crippen LogP contribution in [0.3, 0.4) is 0 Å². The average Bonchev–Trinajstić information content (AvgIpc) is 3.25. The van der Waals surface area contributed by atoms with Crippen molar-refractivity contribution in [1.29, 1.82) is 0 Å². The summed E-state index contributed by atoms with van der Waals surface area (Å²) in [5.74, 6) is 1.53. The molecule has 1 amide bonds. The topological polar surface area (TPSA) is 72.1 Å². The molecule has 0 radical (unpaired) electrons. The van der Waals surface area contributed by atoms with Crippen molar-refractivity contribution in [3.8, 4) is 0 Å². The van der Waals surface area contributed by atoms with Gasteiger partial charge in [-0.25, -0.2) is 9.97 Å². The number of rotatable bonds is 2. The van der Waals surface area contributed by atoms with E-state index < -0.39 is 0 Å². The van der Waals surface area contributed by atoms with Crippen LogP contribution >= 0.6 is 0 Å². The summed E-state index contributed by atoms with van der Waals surface area (Å²) < 4.78 is 0. The summed E-state index contributed by atoms with van der Waals surface area (Å²) in [6, 6.07) is 0. The number of hydrogen-bond acceptors (Lipinski definition) is 4. The fourth-order valence-corrected chi connectivity index (χ4v) is 3.93. The van der Waals surface area contributed by atoms with E-state index in [0.717, 1.165) is 44.6 Å². The van der Waals surface area contributed by atoms with Crippen molar-refractivity contribution in [3.63, 3.8) is 0 Å². The molecule has 2 fully saturated rings. The SMILES string of the molecule is CC1(C)CCN(C(=O)c2cnc(C3CC3)nc2N)CC(C)(C)C1. The number of aromatic nitrogens is 2. The summed E-state index contributed by atoms with van der Waals surface area (Å²) in [6.45, 7) is 10.5. The van der Waals surface area contributed by atoms with E-state index in [2.05, 4.69) is 37.7 Å². The minimum absolute atomic E-state index is 0.0318. The summed E-state index contributed by atoms with van der Waals surface area (Å²) in [4.78, 5) is 23.6. The largest absolute Gasteiger partial charge is 0.383 e. The number of anilines is 1. The molecule has 0 spiro atoms. The van der Waals surface area contributed by atoms with E-state index in [0.29, 0.717) is 17.3 Å². The minimum Gasteiger partial charge on any atom is -0.383 e. The Kier molecular flexibility index (Phi) is 3.85. The second kappa shape index (κ2) is 5.46. The zero-order valence-corrected chi connectivity index (χ0v) is 14.7. The number of nitrogens with zero attached hydrogens (tertiary/aromatic N) is 3. The number of carbonyl (C=O) groups excluding carboxylic acids is 1. The van der Waals surface area contributed by atoms with Crippen LogP contribution in [-0.4, -0.2) is 33.9 Å². The highest BCUT2D eigenvalue weighted by Crippen LogP contribution is 2.40. The Morgan fingerprint density at radius 2 is 1.96 bits per heavy atom. The third-order valence-electron chi connectivity index (χ3n) is 4.93. The maximum atomic E-state index is 12.9. The zero-order chi connectivity index (χ0) is 16.8. The van der Waals surface area contributed by atoms with Gasteiger partial charge < -0.3 is 10.6 Å². The molecule has 2 N–H and O–H groups in total. The first-order valence-corrected chi connectivity index (χ1v) is 8.59. The molecule has 2 heterocycles. The van der Waals surface area contributed by atoms with E-state index in [1.807, 2.05) is 4.90 Å². The Balaban J connectivity index is 1.81. The first-order valence-electron chi connectivity index (χ1n) is 8.59. The molecule has 126 valence electrons. The Bertz CT molecular complexity index is 619. The van der Waals surface area contributed by atoms with E-state index in [9.17, 15) is 4.79 Å². The summed E-state index contributed by atoms with van der Waals surface area (Å²) in [5, 5.41) is 0. The highest BCUT2D eigenvalue weighted by atomic mass is 16.2. The van der Waals surface area contributed by atoms with Gasteiger partial charge in [-0.2, -0.15) is 0 Å². The third kappa shape index (κ3) is 3.65. The normalized spacial score (nSPS) is 23.4. The van der Waals surface area contributed by atoms with Crippen LogP contribution in [0, 0.1) is 10.8 Å².